The summed E-state index contributed by atoms with van der Waals surface area (Å²) in [5.74, 6) is 0. The lowest BCUT2D eigenvalue weighted by molar-refractivity contribution is 0.650. The van der Waals surface area contributed by atoms with E-state index in [1.807, 2.05) is 10.8 Å². The van der Waals surface area contributed by atoms with Gasteiger partial charge in [0.25, 0.3) is 0 Å². The van der Waals surface area contributed by atoms with E-state index in [0.717, 1.165) is 16.3 Å². The number of aromatic nitrogens is 4. The lowest BCUT2D eigenvalue weighted by Gasteiger charge is -2.01. The number of nitrogens with zero attached hydrogens (tertiary/aromatic N) is 4. The summed E-state index contributed by atoms with van der Waals surface area (Å²) in [7, 11) is -1.14. The molecule has 0 aliphatic rings. The number of thiazole rings is 1. The van der Waals surface area contributed by atoms with Gasteiger partial charge in [0.15, 0.2) is 0 Å². The van der Waals surface area contributed by atoms with E-state index in [0.29, 0.717) is 11.7 Å². The van der Waals surface area contributed by atoms with Gasteiger partial charge in [-0.3, -0.25) is 4.21 Å². The zero-order valence-corrected chi connectivity index (χ0v) is 12.5. The molecular formula is C11H10N4OS3. The van der Waals surface area contributed by atoms with Crippen molar-refractivity contribution in [1.29, 1.82) is 0 Å². The van der Waals surface area contributed by atoms with Gasteiger partial charge in [-0.25, -0.2) is 4.98 Å². The average molecular weight is 310 g/mol. The monoisotopic (exact) mass is 310 g/mol. The van der Waals surface area contributed by atoms with Crippen molar-refractivity contribution in [2.45, 2.75) is 11.7 Å². The topological polar surface area (TPSA) is 60.7 Å². The quantitative estimate of drug-likeness (QED) is 0.741. The second kappa shape index (κ2) is 5.32. The molecule has 0 radical (unpaired) electrons. The third-order valence-corrected chi connectivity index (χ3v) is 4.94. The lowest BCUT2D eigenvalue weighted by Crippen LogP contribution is -2.05. The fourth-order valence-electron chi connectivity index (χ4n) is 1.65. The van der Waals surface area contributed by atoms with Crippen molar-refractivity contribution in [2.75, 3.05) is 6.26 Å². The summed E-state index contributed by atoms with van der Waals surface area (Å²) in [4.78, 5) is 4.58. The third kappa shape index (κ3) is 2.65. The van der Waals surface area contributed by atoms with Gasteiger partial charge in [-0.15, -0.1) is 21.5 Å². The van der Waals surface area contributed by atoms with Gasteiger partial charge in [0.2, 0.25) is 5.16 Å². The van der Waals surface area contributed by atoms with Crippen molar-refractivity contribution in [1.82, 2.24) is 19.7 Å². The van der Waals surface area contributed by atoms with Gasteiger partial charge < -0.3 is 4.57 Å². The van der Waals surface area contributed by atoms with E-state index in [1.165, 1.54) is 0 Å². The number of hydrogen-bond acceptors (Lipinski definition) is 6. The molecular weight excluding hydrogens is 300 g/mol. The van der Waals surface area contributed by atoms with E-state index in [-0.39, 0.29) is 0 Å². The van der Waals surface area contributed by atoms with Crippen LogP contribution in [-0.2, 0) is 17.3 Å². The van der Waals surface area contributed by atoms with Crippen molar-refractivity contribution in [3.8, 4) is 10.6 Å². The minimum absolute atomic E-state index is 0.477. The first-order valence-electron chi connectivity index (χ1n) is 5.42. The third-order valence-electron chi connectivity index (χ3n) is 2.49. The van der Waals surface area contributed by atoms with Crippen molar-refractivity contribution in [3.63, 3.8) is 0 Å². The molecule has 0 aromatic carbocycles. The van der Waals surface area contributed by atoms with Crippen molar-refractivity contribution in [3.05, 3.63) is 34.2 Å². The molecule has 98 valence electrons. The van der Waals surface area contributed by atoms with Gasteiger partial charge in [-0.2, -0.15) is 11.3 Å². The lowest BCUT2D eigenvalue weighted by atomic mass is 10.3. The molecule has 0 bridgehead atoms. The Kier molecular flexibility index (Phi) is 3.54. The van der Waals surface area contributed by atoms with Crippen molar-refractivity contribution in [2.24, 2.45) is 0 Å². The van der Waals surface area contributed by atoms with Gasteiger partial charge in [-0.05, 0) is 11.4 Å². The van der Waals surface area contributed by atoms with Crippen LogP contribution in [0.15, 0.2) is 33.7 Å². The molecule has 0 N–H and O–H groups in total. The molecule has 19 heavy (non-hydrogen) atoms. The maximum Gasteiger partial charge on any atom is 0.221 e. The Labute approximate surface area is 120 Å². The van der Waals surface area contributed by atoms with E-state index in [9.17, 15) is 4.21 Å². The first-order chi connectivity index (χ1) is 9.24. The molecule has 1 unspecified atom stereocenters. The molecule has 0 saturated carbocycles. The molecule has 0 fully saturated rings. The summed E-state index contributed by atoms with van der Waals surface area (Å²) >= 11 is 3.27. The minimum Gasteiger partial charge on any atom is -0.300 e. The van der Waals surface area contributed by atoms with Gasteiger partial charge >= 0.3 is 0 Å². The van der Waals surface area contributed by atoms with Crippen LogP contribution >= 0.6 is 22.7 Å². The molecule has 0 aliphatic carbocycles. The van der Waals surface area contributed by atoms with E-state index in [4.69, 9.17) is 0 Å². The predicted octanol–water partition coefficient (Wildman–Crippen LogP) is 2.25. The van der Waals surface area contributed by atoms with Crippen LogP contribution in [0.1, 0.15) is 5.69 Å². The van der Waals surface area contributed by atoms with Crippen LogP contribution in [0.3, 0.4) is 0 Å². The molecule has 1 atom stereocenters. The molecule has 3 rings (SSSR count). The van der Waals surface area contributed by atoms with Crippen molar-refractivity contribution < 1.29 is 4.21 Å². The zero-order valence-electron chi connectivity index (χ0n) is 10.0. The fraction of sp³-hybridized carbons (Fsp3) is 0.182. The Morgan fingerprint density at radius 1 is 1.42 bits per heavy atom. The van der Waals surface area contributed by atoms with Crippen LogP contribution in [0.25, 0.3) is 10.6 Å². The van der Waals surface area contributed by atoms with Crippen LogP contribution in [0, 0.1) is 0 Å². The Morgan fingerprint density at radius 3 is 3.05 bits per heavy atom. The van der Waals surface area contributed by atoms with Gasteiger partial charge in [0, 0.05) is 22.6 Å². The highest BCUT2D eigenvalue weighted by atomic mass is 32.2. The molecule has 3 aromatic rings. The highest BCUT2D eigenvalue weighted by molar-refractivity contribution is 7.84. The molecule has 0 spiro atoms. The summed E-state index contributed by atoms with van der Waals surface area (Å²) in [6.07, 6.45) is 3.18. The summed E-state index contributed by atoms with van der Waals surface area (Å²) in [6, 6.07) is 2.05. The Bertz CT molecular complexity index is 701. The first kappa shape index (κ1) is 12.6. The smallest absolute Gasteiger partial charge is 0.221 e. The van der Waals surface area contributed by atoms with Crippen LogP contribution in [-0.4, -0.2) is 30.2 Å². The highest BCUT2D eigenvalue weighted by Crippen LogP contribution is 2.26. The fourth-order valence-corrected chi connectivity index (χ4v) is 3.78. The predicted molar refractivity (Wildman–Crippen MR) is 76.9 cm³/mol. The summed E-state index contributed by atoms with van der Waals surface area (Å²) in [5.41, 5.74) is 2.07. The number of hydrogen-bond donors (Lipinski definition) is 0. The van der Waals surface area contributed by atoms with E-state index >= 15 is 0 Å². The number of rotatable bonds is 4. The Morgan fingerprint density at radius 2 is 2.32 bits per heavy atom. The first-order valence-corrected chi connectivity index (χ1v) is 8.80. The van der Waals surface area contributed by atoms with E-state index in [1.54, 1.807) is 39.8 Å². The summed E-state index contributed by atoms with van der Waals surface area (Å²) in [5, 5.41) is 15.3. The number of thiophene rings is 1. The largest absolute Gasteiger partial charge is 0.300 e. The zero-order chi connectivity index (χ0) is 13.2. The minimum atomic E-state index is -1.14. The highest BCUT2D eigenvalue weighted by Gasteiger charge is 2.11. The SMILES string of the molecule is CS(=O)c1nncn1Cc1csc(-c2ccsc2)n1. The molecule has 8 heteroatoms. The van der Waals surface area contributed by atoms with Crippen LogP contribution in [0.4, 0.5) is 0 Å². The molecule has 5 nitrogen and oxygen atoms in total. The molecule has 3 heterocycles. The molecule has 0 saturated heterocycles. The molecule has 0 amide bonds. The summed E-state index contributed by atoms with van der Waals surface area (Å²) in [6.45, 7) is 0.544. The maximum absolute atomic E-state index is 11.5. The van der Waals surface area contributed by atoms with Crippen LogP contribution < -0.4 is 0 Å². The second-order valence-electron chi connectivity index (χ2n) is 3.85. The standard InChI is InChI=1S/C11H10N4OS3/c1-19(16)11-14-12-7-15(11)4-9-6-18-10(13-9)8-2-3-17-5-8/h2-3,5-7H,4H2,1H3. The second-order valence-corrected chi connectivity index (χ2v) is 6.76. The van der Waals surface area contributed by atoms with E-state index in [2.05, 4.69) is 26.6 Å². The van der Waals surface area contributed by atoms with E-state index < -0.39 is 10.8 Å². The Balaban J connectivity index is 1.84. The maximum atomic E-state index is 11.5. The van der Waals surface area contributed by atoms with Crippen LogP contribution in [0.5, 0.6) is 0 Å². The van der Waals surface area contributed by atoms with Gasteiger partial charge in [0.1, 0.15) is 11.3 Å². The van der Waals surface area contributed by atoms with Gasteiger partial charge in [-0.1, -0.05) is 0 Å². The average Bonchev–Trinajstić information content (AvgIpc) is 3.09. The van der Waals surface area contributed by atoms with Gasteiger partial charge in [0.05, 0.1) is 23.0 Å². The van der Waals surface area contributed by atoms with Crippen molar-refractivity contribution >= 4 is 33.5 Å². The normalized spacial score (nSPS) is 12.7. The Hall–Kier alpha value is -1.38. The molecule has 3 aromatic heterocycles. The summed E-state index contributed by atoms with van der Waals surface area (Å²) < 4.78 is 13.2. The molecule has 0 aliphatic heterocycles. The van der Waals surface area contributed by atoms with Crippen LogP contribution in [0.2, 0.25) is 0 Å².